The molecule has 4 heteroatoms. The van der Waals surface area contributed by atoms with Crippen LogP contribution in [0, 0.1) is 0 Å². The van der Waals surface area contributed by atoms with Crippen LogP contribution in [-0.4, -0.2) is 18.8 Å². The minimum Gasteiger partial charge on any atom is -0.377 e. The van der Waals surface area contributed by atoms with E-state index >= 15 is 0 Å². The second kappa shape index (κ2) is 6.50. The first-order valence-electron chi connectivity index (χ1n) is 6.12. The Morgan fingerprint density at radius 2 is 2.24 bits per heavy atom. The number of hydrogen-bond donors (Lipinski definition) is 2. The smallest absolute Gasteiger partial charge is 0.0744 e. The standard InChI is InChI=1S/C13H19BrN2O/c14-11-6-2-1-5-10(11)9-12(16-15)13-7-3-4-8-17-13/h1-2,5-6,12-13,16H,3-4,7-9,15H2. The molecule has 0 amide bonds. The first-order valence-corrected chi connectivity index (χ1v) is 6.91. The average Bonchev–Trinajstić information content (AvgIpc) is 2.39. The molecule has 1 fully saturated rings. The molecule has 2 unspecified atom stereocenters. The highest BCUT2D eigenvalue weighted by atomic mass is 79.9. The van der Waals surface area contributed by atoms with E-state index in [0.717, 1.165) is 23.9 Å². The summed E-state index contributed by atoms with van der Waals surface area (Å²) in [5, 5.41) is 0. The zero-order valence-corrected chi connectivity index (χ0v) is 11.4. The van der Waals surface area contributed by atoms with Crippen LogP contribution in [0.5, 0.6) is 0 Å². The molecule has 0 saturated carbocycles. The number of nitrogens with two attached hydrogens (primary N) is 1. The molecule has 0 radical (unpaired) electrons. The molecule has 1 heterocycles. The van der Waals surface area contributed by atoms with E-state index in [0.29, 0.717) is 0 Å². The maximum atomic E-state index is 5.79. The van der Waals surface area contributed by atoms with Gasteiger partial charge in [-0.25, -0.2) is 0 Å². The Balaban J connectivity index is 2.01. The van der Waals surface area contributed by atoms with Crippen LogP contribution in [0.3, 0.4) is 0 Å². The number of hydrazine groups is 1. The van der Waals surface area contributed by atoms with Crippen molar-refractivity contribution in [2.45, 2.75) is 37.8 Å². The molecule has 17 heavy (non-hydrogen) atoms. The van der Waals surface area contributed by atoms with Crippen molar-refractivity contribution in [1.82, 2.24) is 5.43 Å². The van der Waals surface area contributed by atoms with Crippen LogP contribution in [-0.2, 0) is 11.2 Å². The van der Waals surface area contributed by atoms with Gasteiger partial charge in [0.15, 0.2) is 0 Å². The van der Waals surface area contributed by atoms with Gasteiger partial charge in [-0.15, -0.1) is 0 Å². The summed E-state index contributed by atoms with van der Waals surface area (Å²) in [5.41, 5.74) is 4.17. The van der Waals surface area contributed by atoms with Crippen molar-refractivity contribution in [3.63, 3.8) is 0 Å². The third-order valence-electron chi connectivity index (χ3n) is 3.28. The van der Waals surface area contributed by atoms with E-state index in [1.165, 1.54) is 18.4 Å². The summed E-state index contributed by atoms with van der Waals surface area (Å²) in [6.45, 7) is 0.860. The van der Waals surface area contributed by atoms with E-state index < -0.39 is 0 Å². The molecule has 0 aromatic heterocycles. The highest BCUT2D eigenvalue weighted by Gasteiger charge is 2.24. The lowest BCUT2D eigenvalue weighted by Crippen LogP contribution is -2.47. The van der Waals surface area contributed by atoms with E-state index in [1.807, 2.05) is 6.07 Å². The summed E-state index contributed by atoms with van der Waals surface area (Å²) >= 11 is 3.57. The van der Waals surface area contributed by atoms with Crippen molar-refractivity contribution in [3.05, 3.63) is 34.3 Å². The molecule has 1 aliphatic heterocycles. The van der Waals surface area contributed by atoms with E-state index in [-0.39, 0.29) is 12.1 Å². The van der Waals surface area contributed by atoms with E-state index in [1.54, 1.807) is 0 Å². The van der Waals surface area contributed by atoms with Gasteiger partial charge in [0.25, 0.3) is 0 Å². The molecule has 1 saturated heterocycles. The minimum atomic E-state index is 0.189. The van der Waals surface area contributed by atoms with Crippen molar-refractivity contribution in [2.24, 2.45) is 5.84 Å². The third kappa shape index (κ3) is 3.52. The van der Waals surface area contributed by atoms with Crippen molar-refractivity contribution in [1.29, 1.82) is 0 Å². The van der Waals surface area contributed by atoms with Gasteiger partial charge in [0.2, 0.25) is 0 Å². The van der Waals surface area contributed by atoms with E-state index in [9.17, 15) is 0 Å². The monoisotopic (exact) mass is 298 g/mol. The molecule has 1 aromatic rings. The molecule has 1 aliphatic rings. The molecule has 0 aliphatic carbocycles. The van der Waals surface area contributed by atoms with E-state index in [4.69, 9.17) is 10.6 Å². The summed E-state index contributed by atoms with van der Waals surface area (Å²) in [7, 11) is 0. The number of rotatable bonds is 4. The lowest BCUT2D eigenvalue weighted by atomic mass is 9.96. The van der Waals surface area contributed by atoms with Crippen LogP contribution in [0.4, 0.5) is 0 Å². The van der Waals surface area contributed by atoms with Gasteiger partial charge in [0, 0.05) is 11.1 Å². The van der Waals surface area contributed by atoms with Crippen molar-refractivity contribution < 1.29 is 4.74 Å². The Morgan fingerprint density at radius 3 is 2.88 bits per heavy atom. The minimum absolute atomic E-state index is 0.189. The fourth-order valence-corrected chi connectivity index (χ4v) is 2.73. The summed E-state index contributed by atoms with van der Waals surface area (Å²) in [4.78, 5) is 0. The van der Waals surface area contributed by atoms with Gasteiger partial charge in [-0.05, 0) is 37.3 Å². The van der Waals surface area contributed by atoms with Crippen molar-refractivity contribution >= 4 is 15.9 Å². The predicted octanol–water partition coefficient (Wildman–Crippen LogP) is 2.39. The summed E-state index contributed by atoms with van der Waals surface area (Å²) < 4.78 is 6.92. The lowest BCUT2D eigenvalue weighted by Gasteiger charge is -2.30. The molecule has 3 nitrogen and oxygen atoms in total. The number of nitrogens with one attached hydrogen (secondary N) is 1. The number of ether oxygens (including phenoxy) is 1. The van der Waals surface area contributed by atoms with Crippen LogP contribution in [0.1, 0.15) is 24.8 Å². The predicted molar refractivity (Wildman–Crippen MR) is 72.5 cm³/mol. The molecular formula is C13H19BrN2O. The second-order valence-corrected chi connectivity index (χ2v) is 5.33. The maximum Gasteiger partial charge on any atom is 0.0744 e. The van der Waals surface area contributed by atoms with Gasteiger partial charge in [-0.3, -0.25) is 11.3 Å². The Bertz CT molecular complexity index is 353. The average molecular weight is 299 g/mol. The lowest BCUT2D eigenvalue weighted by molar-refractivity contribution is -0.00747. The molecular weight excluding hydrogens is 280 g/mol. The first-order chi connectivity index (χ1) is 8.31. The second-order valence-electron chi connectivity index (χ2n) is 4.47. The molecule has 0 spiro atoms. The van der Waals surface area contributed by atoms with Crippen LogP contribution >= 0.6 is 15.9 Å². The number of halogens is 1. The Labute approximate surface area is 111 Å². The Morgan fingerprint density at radius 1 is 1.41 bits per heavy atom. The molecule has 0 bridgehead atoms. The van der Waals surface area contributed by atoms with Gasteiger partial charge >= 0.3 is 0 Å². The highest BCUT2D eigenvalue weighted by molar-refractivity contribution is 9.10. The molecule has 2 rings (SSSR count). The quantitative estimate of drug-likeness (QED) is 0.663. The van der Waals surface area contributed by atoms with Crippen LogP contribution in [0.25, 0.3) is 0 Å². The van der Waals surface area contributed by atoms with Gasteiger partial charge in [0.1, 0.15) is 0 Å². The normalized spacial score (nSPS) is 22.4. The summed E-state index contributed by atoms with van der Waals surface area (Å²) in [6.07, 6.45) is 4.63. The van der Waals surface area contributed by atoms with Crippen LogP contribution < -0.4 is 11.3 Å². The first kappa shape index (κ1) is 13.0. The molecule has 94 valence electrons. The zero-order valence-electron chi connectivity index (χ0n) is 9.86. The summed E-state index contributed by atoms with van der Waals surface area (Å²) in [6, 6.07) is 8.45. The van der Waals surface area contributed by atoms with Crippen LogP contribution in [0.15, 0.2) is 28.7 Å². The zero-order chi connectivity index (χ0) is 12.1. The fourth-order valence-electron chi connectivity index (χ4n) is 2.28. The topological polar surface area (TPSA) is 47.3 Å². The van der Waals surface area contributed by atoms with Gasteiger partial charge in [0.05, 0.1) is 12.1 Å². The van der Waals surface area contributed by atoms with E-state index in [2.05, 4.69) is 39.6 Å². The van der Waals surface area contributed by atoms with Gasteiger partial charge in [-0.1, -0.05) is 34.1 Å². The third-order valence-corrected chi connectivity index (χ3v) is 4.05. The van der Waals surface area contributed by atoms with Crippen molar-refractivity contribution in [2.75, 3.05) is 6.61 Å². The largest absolute Gasteiger partial charge is 0.377 e. The number of hydrogen-bond acceptors (Lipinski definition) is 3. The highest BCUT2D eigenvalue weighted by Crippen LogP contribution is 2.22. The van der Waals surface area contributed by atoms with Gasteiger partial charge in [-0.2, -0.15) is 0 Å². The molecule has 2 atom stereocenters. The maximum absolute atomic E-state index is 5.79. The van der Waals surface area contributed by atoms with Gasteiger partial charge < -0.3 is 4.74 Å². The van der Waals surface area contributed by atoms with Crippen molar-refractivity contribution in [3.8, 4) is 0 Å². The SMILES string of the molecule is NNC(Cc1ccccc1Br)C1CCCCO1. The summed E-state index contributed by atoms with van der Waals surface area (Å²) in [5.74, 6) is 5.66. The fraction of sp³-hybridized carbons (Fsp3) is 0.538. The molecule has 3 N–H and O–H groups in total. The van der Waals surface area contributed by atoms with Crippen LogP contribution in [0.2, 0.25) is 0 Å². The Kier molecular flexibility index (Phi) is 4.98. The molecule has 1 aromatic carbocycles. The number of benzene rings is 1. The Hall–Kier alpha value is -0.420.